The first-order valence-electron chi connectivity index (χ1n) is 11.7. The Kier molecular flexibility index (Phi) is 6.26. The number of aliphatic hydroxyl groups excluding tert-OH is 1. The van der Waals surface area contributed by atoms with E-state index in [-0.39, 0.29) is 6.61 Å². The van der Waals surface area contributed by atoms with Gasteiger partial charge in [-0.25, -0.2) is 14.1 Å². The van der Waals surface area contributed by atoms with E-state index in [0.29, 0.717) is 34.7 Å². The van der Waals surface area contributed by atoms with Crippen LogP contribution in [-0.4, -0.2) is 49.9 Å². The van der Waals surface area contributed by atoms with Crippen LogP contribution in [0, 0.1) is 11.7 Å². The average Bonchev–Trinajstić information content (AvgIpc) is 3.34. The molecule has 4 heterocycles. The standard InChI is InChI=1S/C26H29FN6O/c1-17(18-7-10-32(2)11-8-18)23-5-3-19-15-28-26(14-25(19)29-23)30-24-6-4-21(13-22(24)27)33-12-9-20(16-34)31-33/h3-6,9,12-15,17-18,34H,7-8,10-11,16H2,1-2H3,(H,28,30)/t17-/m0/s1. The third-order valence-electron chi connectivity index (χ3n) is 6.82. The number of nitrogens with one attached hydrogen (secondary N) is 1. The number of anilines is 2. The number of aliphatic hydroxyl groups is 1. The van der Waals surface area contributed by atoms with Crippen LogP contribution in [0.4, 0.5) is 15.9 Å². The number of rotatable bonds is 6. The van der Waals surface area contributed by atoms with Crippen LogP contribution in [0.3, 0.4) is 0 Å². The van der Waals surface area contributed by atoms with Gasteiger partial charge in [-0.2, -0.15) is 5.10 Å². The summed E-state index contributed by atoms with van der Waals surface area (Å²) in [5, 5.41) is 17.4. The minimum Gasteiger partial charge on any atom is -0.390 e. The van der Waals surface area contributed by atoms with Gasteiger partial charge in [0.05, 0.1) is 29.2 Å². The number of hydrogen-bond acceptors (Lipinski definition) is 6. The van der Waals surface area contributed by atoms with Crippen LogP contribution in [0.2, 0.25) is 0 Å². The first-order valence-corrected chi connectivity index (χ1v) is 11.7. The normalized spacial score (nSPS) is 16.1. The predicted octanol–water partition coefficient (Wildman–Crippen LogP) is 4.64. The van der Waals surface area contributed by atoms with Crippen LogP contribution in [-0.2, 0) is 6.61 Å². The number of pyridine rings is 2. The molecule has 34 heavy (non-hydrogen) atoms. The van der Waals surface area contributed by atoms with Gasteiger partial charge < -0.3 is 15.3 Å². The second-order valence-electron chi connectivity index (χ2n) is 9.13. The number of aromatic nitrogens is 4. The summed E-state index contributed by atoms with van der Waals surface area (Å²) >= 11 is 0. The zero-order chi connectivity index (χ0) is 23.7. The maximum Gasteiger partial charge on any atom is 0.148 e. The number of piperidine rings is 1. The van der Waals surface area contributed by atoms with Crippen LogP contribution >= 0.6 is 0 Å². The molecule has 7 nitrogen and oxygen atoms in total. The summed E-state index contributed by atoms with van der Waals surface area (Å²) in [6.07, 6.45) is 5.83. The van der Waals surface area contributed by atoms with Gasteiger partial charge in [0.1, 0.15) is 11.6 Å². The highest BCUT2D eigenvalue weighted by Crippen LogP contribution is 2.32. The lowest BCUT2D eigenvalue weighted by molar-refractivity contribution is 0.201. The number of likely N-dealkylation sites (tertiary alicyclic amines) is 1. The molecular weight excluding hydrogens is 431 g/mol. The molecule has 8 heteroatoms. The highest BCUT2D eigenvalue weighted by Gasteiger charge is 2.24. The quantitative estimate of drug-likeness (QED) is 0.437. The van der Waals surface area contributed by atoms with E-state index in [4.69, 9.17) is 4.98 Å². The summed E-state index contributed by atoms with van der Waals surface area (Å²) in [6.45, 7) is 4.38. The summed E-state index contributed by atoms with van der Waals surface area (Å²) in [7, 11) is 2.18. The number of nitrogens with zero attached hydrogens (tertiary/aromatic N) is 5. The van der Waals surface area contributed by atoms with Crippen molar-refractivity contribution in [3.63, 3.8) is 0 Å². The molecule has 1 saturated heterocycles. The number of hydrogen-bond donors (Lipinski definition) is 2. The first kappa shape index (κ1) is 22.4. The maximum absolute atomic E-state index is 14.8. The van der Waals surface area contributed by atoms with Gasteiger partial charge in [0.15, 0.2) is 0 Å². The predicted molar refractivity (Wildman–Crippen MR) is 131 cm³/mol. The molecule has 0 unspecified atom stereocenters. The third-order valence-corrected chi connectivity index (χ3v) is 6.82. The van der Waals surface area contributed by atoms with E-state index in [9.17, 15) is 9.50 Å². The molecule has 1 aliphatic heterocycles. The molecule has 0 bridgehead atoms. The molecule has 176 valence electrons. The molecule has 3 aromatic heterocycles. The van der Waals surface area contributed by atoms with Crippen molar-refractivity contribution in [3.05, 3.63) is 72.1 Å². The van der Waals surface area contributed by atoms with Crippen LogP contribution in [0.5, 0.6) is 0 Å². The molecule has 0 saturated carbocycles. The molecule has 4 aromatic rings. The minimum absolute atomic E-state index is 0.157. The summed E-state index contributed by atoms with van der Waals surface area (Å²) in [6, 6.07) is 12.6. The van der Waals surface area contributed by atoms with E-state index in [1.807, 2.05) is 6.07 Å². The number of fused-ring (bicyclic) bond motifs is 1. The molecule has 0 aliphatic carbocycles. The lowest BCUT2D eigenvalue weighted by atomic mass is 9.83. The van der Waals surface area contributed by atoms with Gasteiger partial charge in [0.25, 0.3) is 0 Å². The molecule has 1 aromatic carbocycles. The molecule has 1 fully saturated rings. The van der Waals surface area contributed by atoms with Gasteiger partial charge >= 0.3 is 0 Å². The van der Waals surface area contributed by atoms with Gasteiger partial charge in [0, 0.05) is 41.5 Å². The van der Waals surface area contributed by atoms with E-state index in [1.165, 1.54) is 23.6 Å². The molecule has 0 radical (unpaired) electrons. The fourth-order valence-electron chi connectivity index (χ4n) is 4.60. The Morgan fingerprint density at radius 2 is 1.97 bits per heavy atom. The SMILES string of the molecule is C[C@H](c1ccc2cnc(Nc3ccc(-n4ccc(CO)n4)cc3F)cc2n1)C1CCN(C)CC1. The Morgan fingerprint density at radius 1 is 1.15 bits per heavy atom. The minimum atomic E-state index is -0.418. The van der Waals surface area contributed by atoms with Gasteiger partial charge in [-0.1, -0.05) is 6.92 Å². The monoisotopic (exact) mass is 460 g/mol. The number of benzene rings is 1. The van der Waals surface area contributed by atoms with E-state index in [1.54, 1.807) is 30.6 Å². The molecule has 5 rings (SSSR count). The summed E-state index contributed by atoms with van der Waals surface area (Å²) < 4.78 is 16.4. The van der Waals surface area contributed by atoms with Gasteiger partial charge in [-0.3, -0.25) is 4.98 Å². The van der Waals surface area contributed by atoms with Crippen LogP contribution < -0.4 is 5.32 Å². The zero-order valence-corrected chi connectivity index (χ0v) is 19.4. The topological polar surface area (TPSA) is 79.1 Å². The fourth-order valence-corrected chi connectivity index (χ4v) is 4.60. The smallest absolute Gasteiger partial charge is 0.148 e. The van der Waals surface area contributed by atoms with Crippen LogP contribution in [0.25, 0.3) is 16.6 Å². The lowest BCUT2D eigenvalue weighted by Gasteiger charge is -2.32. The first-order chi connectivity index (χ1) is 16.5. The molecular formula is C26H29FN6O. The molecule has 2 N–H and O–H groups in total. The molecule has 0 spiro atoms. The van der Waals surface area contributed by atoms with Gasteiger partial charge in [0.2, 0.25) is 0 Å². The van der Waals surface area contributed by atoms with Gasteiger partial charge in [-0.05, 0) is 69.2 Å². The Hall–Kier alpha value is -3.36. The van der Waals surface area contributed by atoms with Crippen molar-refractivity contribution in [1.29, 1.82) is 0 Å². The molecule has 0 amide bonds. The van der Waals surface area contributed by atoms with E-state index in [2.05, 4.69) is 46.4 Å². The van der Waals surface area contributed by atoms with Gasteiger partial charge in [-0.15, -0.1) is 0 Å². The average molecular weight is 461 g/mol. The van der Waals surface area contributed by atoms with Crippen molar-refractivity contribution in [2.75, 3.05) is 25.5 Å². The third kappa shape index (κ3) is 4.64. The van der Waals surface area contributed by atoms with Crippen LogP contribution in [0.1, 0.15) is 37.1 Å². The summed E-state index contributed by atoms with van der Waals surface area (Å²) in [5.41, 5.74) is 3.36. The van der Waals surface area contributed by atoms with Crippen molar-refractivity contribution in [2.24, 2.45) is 5.92 Å². The zero-order valence-electron chi connectivity index (χ0n) is 19.4. The highest BCUT2D eigenvalue weighted by atomic mass is 19.1. The second kappa shape index (κ2) is 9.48. The van der Waals surface area contributed by atoms with Crippen molar-refractivity contribution >= 4 is 22.4 Å². The molecule has 1 aliphatic rings. The van der Waals surface area contributed by atoms with E-state index < -0.39 is 5.82 Å². The largest absolute Gasteiger partial charge is 0.390 e. The van der Waals surface area contributed by atoms with Crippen molar-refractivity contribution < 1.29 is 9.50 Å². The van der Waals surface area contributed by atoms with Crippen molar-refractivity contribution in [2.45, 2.75) is 32.3 Å². The van der Waals surface area contributed by atoms with Crippen molar-refractivity contribution in [3.8, 4) is 5.69 Å². The maximum atomic E-state index is 14.8. The lowest BCUT2D eigenvalue weighted by Crippen LogP contribution is -2.32. The van der Waals surface area contributed by atoms with Crippen molar-refractivity contribution in [1.82, 2.24) is 24.6 Å². The Morgan fingerprint density at radius 3 is 2.71 bits per heavy atom. The van der Waals surface area contributed by atoms with Crippen LogP contribution in [0.15, 0.2) is 54.9 Å². The fraction of sp³-hybridized carbons (Fsp3) is 0.346. The number of halogens is 1. The molecule has 1 atom stereocenters. The summed E-state index contributed by atoms with van der Waals surface area (Å²) in [5.74, 6) is 1.15. The Labute approximate surface area is 198 Å². The van der Waals surface area contributed by atoms with E-state index in [0.717, 1.165) is 29.7 Å². The summed E-state index contributed by atoms with van der Waals surface area (Å²) in [4.78, 5) is 11.8. The Balaban J connectivity index is 1.35. The Bertz CT molecular complexity index is 1300. The van der Waals surface area contributed by atoms with E-state index >= 15 is 0 Å². The highest BCUT2D eigenvalue weighted by molar-refractivity contribution is 5.81. The second-order valence-corrected chi connectivity index (χ2v) is 9.13.